The summed E-state index contributed by atoms with van der Waals surface area (Å²) >= 11 is 0. The van der Waals surface area contributed by atoms with Gasteiger partial charge in [0.2, 0.25) is 0 Å². The number of amides is 1. The largest absolute Gasteiger partial charge is 0.379 e. The average Bonchev–Trinajstić information content (AvgIpc) is 2.72. The lowest BCUT2D eigenvalue weighted by atomic mass is 10.0. The molecule has 1 aliphatic heterocycles. The predicted octanol–water partition coefficient (Wildman–Crippen LogP) is 3.48. The van der Waals surface area contributed by atoms with Crippen LogP contribution >= 0.6 is 0 Å². The lowest BCUT2D eigenvalue weighted by molar-refractivity contribution is 0.0167. The van der Waals surface area contributed by atoms with Crippen molar-refractivity contribution in [2.75, 3.05) is 32.8 Å². The minimum atomic E-state index is -0.00312. The van der Waals surface area contributed by atoms with E-state index >= 15 is 0 Å². The summed E-state index contributed by atoms with van der Waals surface area (Å²) in [5.41, 5.74) is 3.27. The first kappa shape index (κ1) is 19.6. The summed E-state index contributed by atoms with van der Waals surface area (Å²) in [4.78, 5) is 15.0. The summed E-state index contributed by atoms with van der Waals surface area (Å²) in [6, 6.07) is 18.7. The Bertz CT molecular complexity index is 707. The molecule has 1 N–H and O–H groups in total. The van der Waals surface area contributed by atoms with E-state index in [2.05, 4.69) is 48.3 Å². The van der Waals surface area contributed by atoms with Gasteiger partial charge in [-0.1, -0.05) is 56.3 Å². The van der Waals surface area contributed by atoms with Gasteiger partial charge >= 0.3 is 0 Å². The molecule has 3 rings (SSSR count). The molecule has 1 heterocycles. The molecular formula is C23H30N2O2. The van der Waals surface area contributed by atoms with Gasteiger partial charge in [-0.25, -0.2) is 0 Å². The number of hydrogen-bond acceptors (Lipinski definition) is 3. The Morgan fingerprint density at radius 1 is 1.04 bits per heavy atom. The Labute approximate surface area is 162 Å². The standard InChI is InChI=1S/C23H30N2O2/c1-18(2)20-8-10-21(11-9-20)23(26)24-17-22(25-12-14-27-15-13-25)16-19-6-4-3-5-7-19/h3-11,18,22H,12-17H2,1-2H3,(H,24,26). The van der Waals surface area contributed by atoms with Gasteiger partial charge in [-0.2, -0.15) is 0 Å². The molecule has 144 valence electrons. The van der Waals surface area contributed by atoms with Gasteiger partial charge in [-0.05, 0) is 35.6 Å². The molecule has 1 atom stereocenters. The van der Waals surface area contributed by atoms with Gasteiger partial charge in [0.1, 0.15) is 0 Å². The van der Waals surface area contributed by atoms with Crippen LogP contribution in [0.2, 0.25) is 0 Å². The van der Waals surface area contributed by atoms with Crippen molar-refractivity contribution in [2.45, 2.75) is 32.2 Å². The minimum absolute atomic E-state index is 0.00312. The van der Waals surface area contributed by atoms with Crippen molar-refractivity contribution in [3.63, 3.8) is 0 Å². The zero-order valence-corrected chi connectivity index (χ0v) is 16.4. The lowest BCUT2D eigenvalue weighted by Gasteiger charge is -2.34. The first-order valence-electron chi connectivity index (χ1n) is 9.87. The Balaban J connectivity index is 1.63. The monoisotopic (exact) mass is 366 g/mol. The molecule has 0 spiro atoms. The quantitative estimate of drug-likeness (QED) is 0.816. The van der Waals surface area contributed by atoms with Crippen molar-refractivity contribution >= 4 is 5.91 Å². The Morgan fingerprint density at radius 2 is 1.70 bits per heavy atom. The topological polar surface area (TPSA) is 41.6 Å². The van der Waals surface area contributed by atoms with Crippen LogP contribution in [-0.4, -0.2) is 49.7 Å². The Morgan fingerprint density at radius 3 is 2.33 bits per heavy atom. The van der Waals surface area contributed by atoms with Crippen LogP contribution in [0.4, 0.5) is 0 Å². The van der Waals surface area contributed by atoms with Crippen LogP contribution in [0.1, 0.15) is 41.3 Å². The van der Waals surface area contributed by atoms with E-state index in [-0.39, 0.29) is 11.9 Å². The second-order valence-electron chi connectivity index (χ2n) is 7.48. The van der Waals surface area contributed by atoms with E-state index in [0.717, 1.165) is 38.3 Å². The number of morpholine rings is 1. The zero-order chi connectivity index (χ0) is 19.1. The van der Waals surface area contributed by atoms with Crippen molar-refractivity contribution in [3.8, 4) is 0 Å². The van der Waals surface area contributed by atoms with E-state index in [0.29, 0.717) is 12.5 Å². The van der Waals surface area contributed by atoms with E-state index in [1.165, 1.54) is 11.1 Å². The van der Waals surface area contributed by atoms with Gasteiger partial charge in [-0.15, -0.1) is 0 Å². The molecule has 1 unspecified atom stereocenters. The van der Waals surface area contributed by atoms with Crippen LogP contribution in [0, 0.1) is 0 Å². The Kier molecular flexibility index (Phi) is 7.02. The van der Waals surface area contributed by atoms with Gasteiger partial charge in [0, 0.05) is 31.2 Å². The molecule has 1 fully saturated rings. The van der Waals surface area contributed by atoms with Gasteiger partial charge in [0.25, 0.3) is 5.91 Å². The lowest BCUT2D eigenvalue weighted by Crippen LogP contribution is -2.49. The van der Waals surface area contributed by atoms with Crippen LogP contribution in [0.5, 0.6) is 0 Å². The normalized spacial score (nSPS) is 16.3. The van der Waals surface area contributed by atoms with Crippen molar-refractivity contribution < 1.29 is 9.53 Å². The highest BCUT2D eigenvalue weighted by Crippen LogP contribution is 2.15. The third kappa shape index (κ3) is 5.65. The highest BCUT2D eigenvalue weighted by atomic mass is 16.5. The third-order valence-corrected chi connectivity index (χ3v) is 5.21. The SMILES string of the molecule is CC(C)c1ccc(C(=O)NCC(Cc2ccccc2)N2CCOCC2)cc1. The molecular weight excluding hydrogens is 336 g/mol. The van der Waals surface area contributed by atoms with Crippen LogP contribution < -0.4 is 5.32 Å². The molecule has 0 aliphatic carbocycles. The fourth-order valence-electron chi connectivity index (χ4n) is 3.49. The zero-order valence-electron chi connectivity index (χ0n) is 16.4. The predicted molar refractivity (Wildman–Crippen MR) is 109 cm³/mol. The fourth-order valence-corrected chi connectivity index (χ4v) is 3.49. The molecule has 0 radical (unpaired) electrons. The molecule has 0 aromatic heterocycles. The number of nitrogens with one attached hydrogen (secondary N) is 1. The third-order valence-electron chi connectivity index (χ3n) is 5.21. The number of nitrogens with zero attached hydrogens (tertiary/aromatic N) is 1. The highest BCUT2D eigenvalue weighted by molar-refractivity contribution is 5.94. The molecule has 2 aromatic carbocycles. The summed E-state index contributed by atoms with van der Waals surface area (Å²) in [5, 5.41) is 3.14. The maximum atomic E-state index is 12.6. The molecule has 2 aromatic rings. The first-order chi connectivity index (χ1) is 13.1. The number of rotatable bonds is 7. The number of carbonyl (C=O) groups excluding carboxylic acids is 1. The minimum Gasteiger partial charge on any atom is -0.379 e. The smallest absolute Gasteiger partial charge is 0.251 e. The maximum Gasteiger partial charge on any atom is 0.251 e. The van der Waals surface area contributed by atoms with E-state index in [4.69, 9.17) is 4.74 Å². The van der Waals surface area contributed by atoms with Crippen LogP contribution in [0.25, 0.3) is 0 Å². The fraction of sp³-hybridized carbons (Fsp3) is 0.435. The van der Waals surface area contributed by atoms with Crippen molar-refractivity contribution in [1.29, 1.82) is 0 Å². The first-order valence-corrected chi connectivity index (χ1v) is 9.87. The number of hydrogen-bond donors (Lipinski definition) is 1. The summed E-state index contributed by atoms with van der Waals surface area (Å²) in [5.74, 6) is 0.468. The van der Waals surface area contributed by atoms with E-state index < -0.39 is 0 Å². The van der Waals surface area contributed by atoms with Crippen molar-refractivity contribution in [3.05, 3.63) is 71.3 Å². The molecule has 0 bridgehead atoms. The van der Waals surface area contributed by atoms with E-state index in [9.17, 15) is 4.79 Å². The maximum absolute atomic E-state index is 12.6. The van der Waals surface area contributed by atoms with Crippen LogP contribution in [0.15, 0.2) is 54.6 Å². The molecule has 4 nitrogen and oxygen atoms in total. The molecule has 1 aliphatic rings. The number of carbonyl (C=O) groups is 1. The molecule has 0 saturated carbocycles. The second-order valence-corrected chi connectivity index (χ2v) is 7.48. The molecule has 27 heavy (non-hydrogen) atoms. The van der Waals surface area contributed by atoms with Gasteiger partial charge < -0.3 is 10.1 Å². The number of ether oxygens (including phenoxy) is 1. The molecule has 1 saturated heterocycles. The summed E-state index contributed by atoms with van der Waals surface area (Å²) in [6.07, 6.45) is 0.924. The Hall–Kier alpha value is -2.17. The summed E-state index contributed by atoms with van der Waals surface area (Å²) in [7, 11) is 0. The molecule has 1 amide bonds. The van der Waals surface area contributed by atoms with E-state index in [1.54, 1.807) is 0 Å². The second kappa shape index (κ2) is 9.67. The molecule has 4 heteroatoms. The van der Waals surface area contributed by atoms with Gasteiger partial charge in [-0.3, -0.25) is 9.69 Å². The van der Waals surface area contributed by atoms with Crippen LogP contribution in [0.3, 0.4) is 0 Å². The van der Waals surface area contributed by atoms with Crippen molar-refractivity contribution in [1.82, 2.24) is 10.2 Å². The van der Waals surface area contributed by atoms with Gasteiger partial charge in [0.15, 0.2) is 0 Å². The highest BCUT2D eigenvalue weighted by Gasteiger charge is 2.22. The average molecular weight is 367 g/mol. The van der Waals surface area contributed by atoms with Crippen LogP contribution in [-0.2, 0) is 11.2 Å². The van der Waals surface area contributed by atoms with E-state index in [1.807, 2.05) is 30.3 Å². The summed E-state index contributed by atoms with van der Waals surface area (Å²) < 4.78 is 5.50. The number of benzene rings is 2. The van der Waals surface area contributed by atoms with Gasteiger partial charge in [0.05, 0.1) is 13.2 Å². The summed E-state index contributed by atoms with van der Waals surface area (Å²) in [6.45, 7) is 8.30. The van der Waals surface area contributed by atoms with Crippen molar-refractivity contribution in [2.24, 2.45) is 0 Å².